The fourth-order valence-electron chi connectivity index (χ4n) is 4.85. The van der Waals surface area contributed by atoms with Gasteiger partial charge in [0.15, 0.2) is 6.23 Å². The number of primary amides is 1. The molecule has 10 heteroatoms. The van der Waals surface area contributed by atoms with E-state index in [9.17, 15) is 4.79 Å². The number of pyridine rings is 1. The lowest BCUT2D eigenvalue weighted by molar-refractivity contribution is -0.0366. The van der Waals surface area contributed by atoms with Crippen molar-refractivity contribution in [2.45, 2.75) is 44.2 Å². The molecule has 1 atom stereocenters. The van der Waals surface area contributed by atoms with Crippen LogP contribution in [-0.2, 0) is 4.74 Å². The monoisotopic (exact) mass is 528 g/mol. The van der Waals surface area contributed by atoms with E-state index < -0.39 is 5.91 Å². The van der Waals surface area contributed by atoms with E-state index in [1.165, 1.54) is 0 Å². The summed E-state index contributed by atoms with van der Waals surface area (Å²) in [5, 5.41) is 6.53. The van der Waals surface area contributed by atoms with E-state index in [-0.39, 0.29) is 17.6 Å². The van der Waals surface area contributed by atoms with Gasteiger partial charge in [-0.3, -0.25) is 14.3 Å². The number of nitrogens with zero attached hydrogens (tertiary/aromatic N) is 4. The quantitative estimate of drug-likeness (QED) is 0.384. The molecule has 4 N–H and O–H groups in total. The molecule has 1 aromatic carbocycles. The van der Waals surface area contributed by atoms with Crippen LogP contribution in [0.3, 0.4) is 0 Å². The van der Waals surface area contributed by atoms with Crippen LogP contribution >= 0.6 is 27.5 Å². The normalized spacial score (nSPS) is 18.9. The van der Waals surface area contributed by atoms with E-state index in [0.29, 0.717) is 28.6 Å². The number of halogens is 2. The summed E-state index contributed by atoms with van der Waals surface area (Å²) in [4.78, 5) is 17.0. The third kappa shape index (κ3) is 3.17. The van der Waals surface area contributed by atoms with Gasteiger partial charge in [-0.05, 0) is 60.2 Å². The third-order valence-electron chi connectivity index (χ3n) is 6.58. The summed E-state index contributed by atoms with van der Waals surface area (Å²) in [6.07, 6.45) is 8.56. The molecule has 33 heavy (non-hydrogen) atoms. The highest BCUT2D eigenvalue weighted by atomic mass is 79.9. The third-order valence-corrected chi connectivity index (χ3v) is 7.66. The average molecular weight is 530 g/mol. The molecule has 0 spiro atoms. The molecule has 1 aliphatic heterocycles. The van der Waals surface area contributed by atoms with E-state index in [0.717, 1.165) is 58.7 Å². The summed E-state index contributed by atoms with van der Waals surface area (Å²) in [6, 6.07) is 3.77. The molecule has 8 nitrogen and oxygen atoms in total. The van der Waals surface area contributed by atoms with Crippen molar-refractivity contribution in [2.75, 3.05) is 12.3 Å². The second-order valence-electron chi connectivity index (χ2n) is 8.69. The molecular weight excluding hydrogens is 508 g/mol. The molecule has 2 fully saturated rings. The van der Waals surface area contributed by atoms with Crippen molar-refractivity contribution in [1.82, 2.24) is 19.3 Å². The number of carbonyl (C=O) groups is 1. The maximum atomic E-state index is 12.4. The molecule has 1 aliphatic carbocycles. The zero-order valence-electron chi connectivity index (χ0n) is 17.7. The fourth-order valence-corrected chi connectivity index (χ4v) is 5.92. The molecule has 1 unspecified atom stereocenters. The summed E-state index contributed by atoms with van der Waals surface area (Å²) < 4.78 is 10.5. The summed E-state index contributed by atoms with van der Waals surface area (Å²) in [5.41, 5.74) is 15.8. The topological polar surface area (TPSA) is 114 Å². The molecule has 170 valence electrons. The van der Waals surface area contributed by atoms with Crippen molar-refractivity contribution in [1.29, 1.82) is 0 Å². The maximum absolute atomic E-state index is 12.4. The molecule has 1 saturated carbocycles. The summed E-state index contributed by atoms with van der Waals surface area (Å²) in [5.74, 6) is 0.00516. The van der Waals surface area contributed by atoms with E-state index in [1.807, 2.05) is 21.4 Å². The van der Waals surface area contributed by atoms with Crippen molar-refractivity contribution in [3.63, 3.8) is 0 Å². The van der Waals surface area contributed by atoms with E-state index in [2.05, 4.69) is 26.0 Å². The second-order valence-corrected chi connectivity index (χ2v) is 9.89. The van der Waals surface area contributed by atoms with Crippen LogP contribution in [0.15, 0.2) is 29.0 Å². The standard InChI is InChI=1S/C23H22BrClN6O2/c24-18-19(11-4-5-11)28-9-13-17(23(27)32)22(26)30(21(13)18)20-12-10-29-31(15(12)7-6-14(20)25)16-3-1-2-8-33-16/h6-7,9-11,16H,1-5,8,26H2,(H2,27,32). The van der Waals surface area contributed by atoms with Gasteiger partial charge in [0.25, 0.3) is 5.91 Å². The highest BCUT2D eigenvalue weighted by molar-refractivity contribution is 9.10. The van der Waals surface area contributed by atoms with Gasteiger partial charge in [-0.1, -0.05) is 11.6 Å². The minimum Gasteiger partial charge on any atom is -0.384 e. The Labute approximate surface area is 202 Å². The van der Waals surface area contributed by atoms with Gasteiger partial charge in [0, 0.05) is 29.5 Å². The molecular formula is C23H22BrClN6O2. The van der Waals surface area contributed by atoms with Gasteiger partial charge < -0.3 is 16.2 Å². The van der Waals surface area contributed by atoms with Crippen molar-refractivity contribution in [2.24, 2.45) is 5.73 Å². The predicted molar refractivity (Wildman–Crippen MR) is 131 cm³/mol. The minimum atomic E-state index is -0.612. The lowest BCUT2D eigenvalue weighted by Crippen LogP contribution is -2.19. The number of ether oxygens (including phenoxy) is 1. The average Bonchev–Trinajstić information content (AvgIpc) is 3.48. The lowest BCUT2D eigenvalue weighted by atomic mass is 10.1. The number of nitrogens with two attached hydrogens (primary N) is 2. The number of rotatable bonds is 4. The van der Waals surface area contributed by atoms with Crippen LogP contribution in [0.5, 0.6) is 0 Å². The summed E-state index contributed by atoms with van der Waals surface area (Å²) in [7, 11) is 0. The summed E-state index contributed by atoms with van der Waals surface area (Å²) >= 11 is 10.5. The van der Waals surface area contributed by atoms with Gasteiger partial charge in [0.2, 0.25) is 0 Å². The van der Waals surface area contributed by atoms with Crippen LogP contribution in [0.1, 0.15) is 60.3 Å². The number of hydrogen-bond acceptors (Lipinski definition) is 5. The summed E-state index contributed by atoms with van der Waals surface area (Å²) in [6.45, 7) is 0.716. The molecule has 3 aromatic heterocycles. The SMILES string of the molecule is NC(=O)c1c(N)n(-c2c(Cl)ccc3c2cnn3C2CCCCO2)c2c(Br)c(C3CC3)ncc12. The maximum Gasteiger partial charge on any atom is 0.253 e. The molecule has 1 saturated heterocycles. The molecule has 1 amide bonds. The molecule has 2 aliphatic rings. The lowest BCUT2D eigenvalue weighted by Gasteiger charge is -2.23. The number of anilines is 1. The fraction of sp³-hybridized carbons (Fsp3) is 0.348. The van der Waals surface area contributed by atoms with Crippen LogP contribution in [0.2, 0.25) is 5.02 Å². The number of hydrogen-bond donors (Lipinski definition) is 2. The van der Waals surface area contributed by atoms with Gasteiger partial charge in [-0.2, -0.15) is 5.10 Å². The molecule has 4 heterocycles. The first-order chi connectivity index (χ1) is 16.0. The van der Waals surface area contributed by atoms with Gasteiger partial charge in [-0.15, -0.1) is 0 Å². The van der Waals surface area contributed by atoms with Crippen LogP contribution in [0.25, 0.3) is 27.5 Å². The Morgan fingerprint density at radius 2 is 2.00 bits per heavy atom. The molecule has 0 bridgehead atoms. The number of fused-ring (bicyclic) bond motifs is 2. The van der Waals surface area contributed by atoms with Crippen LogP contribution in [-0.4, -0.2) is 31.8 Å². The Morgan fingerprint density at radius 1 is 1.18 bits per heavy atom. The highest BCUT2D eigenvalue weighted by Gasteiger charge is 2.32. The van der Waals surface area contributed by atoms with E-state index in [1.54, 1.807) is 12.4 Å². The first-order valence-electron chi connectivity index (χ1n) is 11.0. The van der Waals surface area contributed by atoms with E-state index in [4.69, 9.17) is 27.8 Å². The highest BCUT2D eigenvalue weighted by Crippen LogP contribution is 2.47. The zero-order valence-corrected chi connectivity index (χ0v) is 20.1. The van der Waals surface area contributed by atoms with Crippen LogP contribution in [0, 0.1) is 0 Å². The van der Waals surface area contributed by atoms with Crippen LogP contribution in [0.4, 0.5) is 5.82 Å². The first-order valence-corrected chi connectivity index (χ1v) is 12.2. The van der Waals surface area contributed by atoms with Crippen molar-refractivity contribution in [3.05, 3.63) is 45.3 Å². The first kappa shape index (κ1) is 20.9. The molecule has 0 radical (unpaired) electrons. The molecule has 4 aromatic rings. The second kappa shape index (κ2) is 7.72. The van der Waals surface area contributed by atoms with Crippen molar-refractivity contribution >= 4 is 61.1 Å². The number of carbonyl (C=O) groups excluding carboxylic acids is 1. The van der Waals surface area contributed by atoms with Crippen molar-refractivity contribution < 1.29 is 9.53 Å². The number of aromatic nitrogens is 4. The van der Waals surface area contributed by atoms with Gasteiger partial charge in [0.05, 0.1) is 43.7 Å². The van der Waals surface area contributed by atoms with E-state index >= 15 is 0 Å². The van der Waals surface area contributed by atoms with Gasteiger partial charge >= 0.3 is 0 Å². The minimum absolute atomic E-state index is 0.123. The Kier molecular flexibility index (Phi) is 4.90. The van der Waals surface area contributed by atoms with Gasteiger partial charge in [-0.25, -0.2) is 4.68 Å². The number of nitrogen functional groups attached to an aromatic ring is 1. The largest absolute Gasteiger partial charge is 0.384 e. The Morgan fingerprint density at radius 3 is 2.70 bits per heavy atom. The Bertz CT molecular complexity index is 1430. The predicted octanol–water partition coefficient (Wildman–Crippen LogP) is 5.05. The molecule has 6 rings (SSSR count). The van der Waals surface area contributed by atoms with Gasteiger partial charge in [0.1, 0.15) is 5.82 Å². The Hall–Kier alpha value is -2.62. The Balaban J connectivity index is 1.66. The number of amides is 1. The number of benzene rings is 1. The van der Waals surface area contributed by atoms with Crippen molar-refractivity contribution in [3.8, 4) is 5.69 Å². The smallest absolute Gasteiger partial charge is 0.253 e. The zero-order chi connectivity index (χ0) is 22.9. The van der Waals surface area contributed by atoms with Crippen LogP contribution < -0.4 is 11.5 Å².